The zero-order chi connectivity index (χ0) is 9.52. The van der Waals surface area contributed by atoms with Crippen LogP contribution < -0.4 is 0 Å². The molecule has 1 heteroatoms. The Morgan fingerprint density at radius 2 is 1.54 bits per heavy atom. The molecular weight excluding hydrogens is 151 g/mol. The molecule has 0 aromatic heterocycles. The van der Waals surface area contributed by atoms with E-state index in [1.165, 1.54) is 56.5 Å². The molecule has 1 fully saturated rings. The molecule has 0 atom stereocenters. The molecule has 0 amide bonds. The molecule has 0 unspecified atom stereocenters. The molecule has 0 spiro atoms. The van der Waals surface area contributed by atoms with Gasteiger partial charge < -0.3 is 0 Å². The van der Waals surface area contributed by atoms with Crippen LogP contribution in [0.1, 0.15) is 58.3 Å². The van der Waals surface area contributed by atoms with E-state index in [4.69, 9.17) is 0 Å². The van der Waals surface area contributed by atoms with E-state index in [1.54, 1.807) is 0 Å². The Morgan fingerprint density at radius 1 is 1.00 bits per heavy atom. The number of unbranched alkanes of at least 4 members (excludes halogenated alkanes) is 1. The fraction of sp³-hybridized carbons (Fsp3) is 1.00. The molecule has 0 nitrogen and oxygen atoms in total. The van der Waals surface area contributed by atoms with Crippen LogP contribution in [0.15, 0.2) is 0 Å². The van der Waals surface area contributed by atoms with Gasteiger partial charge in [-0.25, -0.2) is 0 Å². The number of hydrogen-bond donors (Lipinski definition) is 0. The first-order valence-electron chi connectivity index (χ1n) is 6.36. The van der Waals surface area contributed by atoms with E-state index < -0.39 is 0 Å². The van der Waals surface area contributed by atoms with Crippen molar-refractivity contribution in [3.8, 4) is 0 Å². The van der Waals surface area contributed by atoms with Gasteiger partial charge in [-0.2, -0.15) is 0 Å². The van der Waals surface area contributed by atoms with Gasteiger partial charge in [0.1, 0.15) is 0 Å². The SMILES string of the molecule is [Li][CH2]C[C@H]1CC[C@H](CCCC)CC1. The molecule has 1 aliphatic carbocycles. The van der Waals surface area contributed by atoms with Crippen LogP contribution in [0.5, 0.6) is 0 Å². The average Bonchev–Trinajstić information content (AvgIpc) is 2.17. The summed E-state index contributed by atoms with van der Waals surface area (Å²) in [5.74, 6) is 2.18. The van der Waals surface area contributed by atoms with Gasteiger partial charge in [-0.05, 0) is 0 Å². The van der Waals surface area contributed by atoms with Crippen LogP contribution in [-0.2, 0) is 0 Å². The second kappa shape index (κ2) is 6.96. The maximum absolute atomic E-state index is 2.32. The minimum absolute atomic E-state index is 1.09. The zero-order valence-corrected chi connectivity index (χ0v) is 9.52. The van der Waals surface area contributed by atoms with Crippen LogP contribution in [-0.4, -0.2) is 17.7 Å². The van der Waals surface area contributed by atoms with Gasteiger partial charge in [0.15, 0.2) is 0 Å². The van der Waals surface area contributed by atoms with Gasteiger partial charge in [0.05, 0.1) is 0 Å². The predicted molar refractivity (Wildman–Crippen MR) is 60.2 cm³/mol. The molecule has 0 radical (unpaired) electrons. The molecule has 0 aromatic carbocycles. The summed E-state index contributed by atoms with van der Waals surface area (Å²) in [6.45, 7) is 2.31. The minimum atomic E-state index is 1.09. The van der Waals surface area contributed by atoms with E-state index in [0.29, 0.717) is 0 Å². The fourth-order valence-corrected chi connectivity index (χ4v) is 2.71. The van der Waals surface area contributed by atoms with E-state index in [2.05, 4.69) is 24.6 Å². The first kappa shape index (κ1) is 11.7. The van der Waals surface area contributed by atoms with Crippen molar-refractivity contribution in [3.63, 3.8) is 0 Å². The van der Waals surface area contributed by atoms with Crippen molar-refractivity contribution in [2.24, 2.45) is 11.8 Å². The van der Waals surface area contributed by atoms with Crippen molar-refractivity contribution in [1.29, 1.82) is 0 Å². The van der Waals surface area contributed by atoms with Crippen molar-refractivity contribution in [3.05, 3.63) is 0 Å². The van der Waals surface area contributed by atoms with Crippen LogP contribution in [0, 0.1) is 11.8 Å². The van der Waals surface area contributed by atoms with Gasteiger partial charge in [-0.15, -0.1) is 0 Å². The zero-order valence-electron chi connectivity index (χ0n) is 9.52. The molecule has 13 heavy (non-hydrogen) atoms. The van der Waals surface area contributed by atoms with Crippen LogP contribution in [0.25, 0.3) is 0 Å². The molecule has 1 saturated carbocycles. The van der Waals surface area contributed by atoms with Crippen molar-refractivity contribution >= 4 is 17.7 Å². The van der Waals surface area contributed by atoms with E-state index >= 15 is 0 Å². The van der Waals surface area contributed by atoms with E-state index in [-0.39, 0.29) is 0 Å². The number of rotatable bonds is 5. The third-order valence-corrected chi connectivity index (χ3v) is 3.63. The van der Waals surface area contributed by atoms with Gasteiger partial charge in [0, 0.05) is 0 Å². The predicted octanol–water partition coefficient (Wildman–Crippen LogP) is 3.96. The van der Waals surface area contributed by atoms with Gasteiger partial charge in [-0.1, -0.05) is 0 Å². The maximum atomic E-state index is 2.32. The van der Waals surface area contributed by atoms with Gasteiger partial charge in [-0.3, -0.25) is 0 Å². The molecule has 0 aromatic rings. The third kappa shape index (κ3) is 4.57. The van der Waals surface area contributed by atoms with Crippen LogP contribution >= 0.6 is 0 Å². The topological polar surface area (TPSA) is 0 Å². The van der Waals surface area contributed by atoms with Crippen LogP contribution in [0.2, 0.25) is 5.09 Å². The van der Waals surface area contributed by atoms with E-state index in [9.17, 15) is 0 Å². The summed E-state index contributed by atoms with van der Waals surface area (Å²) in [7, 11) is 0. The summed E-state index contributed by atoms with van der Waals surface area (Å²) in [5.41, 5.74) is 0. The fourth-order valence-electron chi connectivity index (χ4n) is 2.71. The Kier molecular flexibility index (Phi) is 6.25. The first-order chi connectivity index (χ1) is 6.36. The summed E-state index contributed by atoms with van der Waals surface area (Å²) in [4.78, 5) is 0. The quantitative estimate of drug-likeness (QED) is 0.553. The Balaban J connectivity index is 2.08. The summed E-state index contributed by atoms with van der Waals surface area (Å²) in [5, 5.41) is 1.39. The Labute approximate surface area is 93.1 Å². The normalized spacial score (nSPS) is 29.2. The number of hydrogen-bond acceptors (Lipinski definition) is 0. The summed E-state index contributed by atoms with van der Waals surface area (Å²) < 4.78 is 0. The molecule has 0 heterocycles. The van der Waals surface area contributed by atoms with Crippen LogP contribution in [0.3, 0.4) is 0 Å². The summed E-state index contributed by atoms with van der Waals surface area (Å²) >= 11 is 2.32. The van der Waals surface area contributed by atoms with Crippen molar-refractivity contribution < 1.29 is 0 Å². The molecule has 1 aliphatic rings. The first-order valence-corrected chi connectivity index (χ1v) is 6.36. The molecule has 0 N–H and O–H groups in total. The Hall–Kier alpha value is 0.597. The second-order valence-electron chi connectivity index (χ2n) is 4.82. The molecule has 72 valence electrons. The Morgan fingerprint density at radius 3 is 2.00 bits per heavy atom. The summed E-state index contributed by atoms with van der Waals surface area (Å²) in [6, 6.07) is 0. The van der Waals surface area contributed by atoms with Gasteiger partial charge in [0.2, 0.25) is 0 Å². The summed E-state index contributed by atoms with van der Waals surface area (Å²) in [6.07, 6.45) is 12.0. The van der Waals surface area contributed by atoms with Crippen molar-refractivity contribution in [1.82, 2.24) is 0 Å². The molecular formula is C12H23Li. The van der Waals surface area contributed by atoms with E-state index in [0.717, 1.165) is 11.8 Å². The van der Waals surface area contributed by atoms with Crippen LogP contribution in [0.4, 0.5) is 0 Å². The standard InChI is InChI=1S/C12H23.Li/c1-3-5-6-12-9-7-11(4-2)8-10-12;/h11-12H,2-10H2,1H3;/t11-,12-;. The monoisotopic (exact) mass is 174 g/mol. The molecule has 0 saturated heterocycles. The van der Waals surface area contributed by atoms with Gasteiger partial charge in [0.25, 0.3) is 0 Å². The third-order valence-electron chi connectivity index (χ3n) is 3.63. The van der Waals surface area contributed by atoms with E-state index in [1.807, 2.05) is 0 Å². The molecule has 0 bridgehead atoms. The second-order valence-corrected chi connectivity index (χ2v) is 4.82. The van der Waals surface area contributed by atoms with Crippen molar-refractivity contribution in [2.45, 2.75) is 63.4 Å². The Bertz CT molecular complexity index is 114. The molecule has 0 aliphatic heterocycles. The molecule has 1 rings (SSSR count). The van der Waals surface area contributed by atoms with Gasteiger partial charge >= 0.3 is 92.9 Å². The average molecular weight is 174 g/mol. The van der Waals surface area contributed by atoms with Crippen molar-refractivity contribution in [2.75, 3.05) is 0 Å².